The highest BCUT2D eigenvalue weighted by Gasteiger charge is 2.36. The number of fused-ring (bicyclic) bond motifs is 2. The second kappa shape index (κ2) is 4.47. The molecule has 2 bridgehead atoms. The molecule has 2 nitrogen and oxygen atoms in total. The van der Waals surface area contributed by atoms with Crippen LogP contribution in [0.3, 0.4) is 0 Å². The summed E-state index contributed by atoms with van der Waals surface area (Å²) in [7, 11) is 0. The van der Waals surface area contributed by atoms with Crippen LogP contribution in [0.5, 0.6) is 0 Å². The summed E-state index contributed by atoms with van der Waals surface area (Å²) in [6, 6.07) is 6.38. The molecule has 2 aliphatic rings. The van der Waals surface area contributed by atoms with Gasteiger partial charge < -0.3 is 5.73 Å². The van der Waals surface area contributed by atoms with E-state index < -0.39 is 0 Å². The van der Waals surface area contributed by atoms with Gasteiger partial charge >= 0.3 is 0 Å². The Labute approximate surface area is 101 Å². The normalized spacial score (nSPS) is 35.2. The first kappa shape index (κ1) is 10.8. The zero-order valence-corrected chi connectivity index (χ0v) is 10.5. The lowest BCUT2D eigenvalue weighted by Gasteiger charge is -2.48. The molecule has 2 fully saturated rings. The van der Waals surface area contributed by atoms with Gasteiger partial charge in [0.15, 0.2) is 0 Å². The molecule has 0 radical (unpaired) electrons. The molecule has 0 aliphatic carbocycles. The first-order chi connectivity index (χ1) is 7.83. The van der Waals surface area contributed by atoms with Gasteiger partial charge in [-0.05, 0) is 37.1 Å². The molecule has 1 aromatic heterocycles. The van der Waals surface area contributed by atoms with Crippen LogP contribution in [0.1, 0.15) is 37.0 Å². The quantitative estimate of drug-likeness (QED) is 0.855. The van der Waals surface area contributed by atoms with E-state index in [1.54, 1.807) is 0 Å². The van der Waals surface area contributed by atoms with Crippen LogP contribution in [0.15, 0.2) is 17.5 Å². The van der Waals surface area contributed by atoms with Crippen molar-refractivity contribution in [3.05, 3.63) is 22.4 Å². The molecule has 0 spiro atoms. The van der Waals surface area contributed by atoms with Crippen molar-refractivity contribution in [2.24, 2.45) is 5.73 Å². The minimum absolute atomic E-state index is 0.454. The Hall–Kier alpha value is -0.380. The minimum atomic E-state index is 0.454. The molecule has 2 atom stereocenters. The fraction of sp³-hybridized carbons (Fsp3) is 0.692. The molecular formula is C13H20N2S. The van der Waals surface area contributed by atoms with Crippen molar-refractivity contribution < 1.29 is 0 Å². The third kappa shape index (κ3) is 2.04. The second-order valence-corrected chi connectivity index (χ2v) is 6.25. The van der Waals surface area contributed by atoms with Crippen molar-refractivity contribution >= 4 is 11.3 Å². The van der Waals surface area contributed by atoms with Gasteiger partial charge in [-0.1, -0.05) is 12.5 Å². The molecule has 3 heterocycles. The summed E-state index contributed by atoms with van der Waals surface area (Å²) in [4.78, 5) is 4.23. The smallest absolute Gasteiger partial charge is 0.0333 e. The van der Waals surface area contributed by atoms with Crippen molar-refractivity contribution in [3.63, 3.8) is 0 Å². The van der Waals surface area contributed by atoms with E-state index in [1.807, 2.05) is 11.3 Å². The van der Waals surface area contributed by atoms with Crippen LogP contribution in [-0.4, -0.2) is 23.0 Å². The maximum atomic E-state index is 6.14. The van der Waals surface area contributed by atoms with Crippen LogP contribution in [0.25, 0.3) is 0 Å². The first-order valence-electron chi connectivity index (χ1n) is 6.36. The summed E-state index contributed by atoms with van der Waals surface area (Å²) >= 11 is 1.88. The van der Waals surface area contributed by atoms with Gasteiger partial charge in [-0.15, -0.1) is 11.3 Å². The molecule has 3 heteroatoms. The fourth-order valence-corrected chi connectivity index (χ4v) is 4.07. The first-order valence-corrected chi connectivity index (χ1v) is 7.24. The van der Waals surface area contributed by atoms with E-state index in [9.17, 15) is 0 Å². The number of piperidine rings is 2. The Morgan fingerprint density at radius 1 is 1.31 bits per heavy atom. The minimum Gasteiger partial charge on any atom is -0.328 e. The molecule has 16 heavy (non-hydrogen) atoms. The summed E-state index contributed by atoms with van der Waals surface area (Å²) in [5.74, 6) is 0. The van der Waals surface area contributed by atoms with E-state index in [0.717, 1.165) is 18.6 Å². The maximum Gasteiger partial charge on any atom is 0.0333 e. The third-order valence-electron chi connectivity index (χ3n) is 4.08. The number of rotatable bonds is 2. The van der Waals surface area contributed by atoms with E-state index in [-0.39, 0.29) is 0 Å². The number of hydrogen-bond acceptors (Lipinski definition) is 3. The summed E-state index contributed by atoms with van der Waals surface area (Å²) in [5.41, 5.74) is 6.14. The monoisotopic (exact) mass is 236 g/mol. The van der Waals surface area contributed by atoms with Gasteiger partial charge in [-0.3, -0.25) is 4.90 Å². The maximum absolute atomic E-state index is 6.14. The zero-order valence-electron chi connectivity index (χ0n) is 9.64. The molecule has 2 aliphatic heterocycles. The largest absolute Gasteiger partial charge is 0.328 e. The van der Waals surface area contributed by atoms with Crippen LogP contribution >= 0.6 is 11.3 Å². The average molecular weight is 236 g/mol. The fourth-order valence-electron chi connectivity index (χ4n) is 3.36. The van der Waals surface area contributed by atoms with Crippen molar-refractivity contribution in [2.45, 2.75) is 56.8 Å². The molecule has 3 rings (SSSR count). The van der Waals surface area contributed by atoms with Gasteiger partial charge in [0.05, 0.1) is 0 Å². The molecule has 0 unspecified atom stereocenters. The van der Waals surface area contributed by atoms with E-state index in [1.165, 1.54) is 37.0 Å². The Morgan fingerprint density at radius 2 is 2.06 bits per heavy atom. The Kier molecular flexibility index (Phi) is 3.01. The van der Waals surface area contributed by atoms with Gasteiger partial charge in [0.2, 0.25) is 0 Å². The van der Waals surface area contributed by atoms with Crippen molar-refractivity contribution in [1.29, 1.82) is 0 Å². The van der Waals surface area contributed by atoms with Gasteiger partial charge in [0.25, 0.3) is 0 Å². The summed E-state index contributed by atoms with van der Waals surface area (Å²) in [6.45, 7) is 1.15. The third-order valence-corrected chi connectivity index (χ3v) is 4.94. The molecule has 0 aromatic carbocycles. The molecule has 0 saturated carbocycles. The van der Waals surface area contributed by atoms with Crippen LogP contribution in [0.4, 0.5) is 0 Å². The van der Waals surface area contributed by atoms with Crippen LogP contribution in [0.2, 0.25) is 0 Å². The number of nitrogens with two attached hydrogens (primary N) is 1. The zero-order chi connectivity index (χ0) is 11.0. The topological polar surface area (TPSA) is 29.3 Å². The molecule has 88 valence electrons. The Bertz CT molecular complexity index is 322. The van der Waals surface area contributed by atoms with E-state index in [2.05, 4.69) is 22.4 Å². The standard InChI is InChI=1S/C13H20N2S/c14-10-7-11-3-1-4-12(8-10)15(11)9-13-5-2-6-16-13/h2,5-6,10-12H,1,3-4,7-9,14H2/t11-,12-/m1/s1. The lowest BCUT2D eigenvalue weighted by atomic mass is 9.82. The van der Waals surface area contributed by atoms with E-state index >= 15 is 0 Å². The van der Waals surface area contributed by atoms with Gasteiger partial charge in [-0.25, -0.2) is 0 Å². The van der Waals surface area contributed by atoms with Crippen molar-refractivity contribution in [2.75, 3.05) is 0 Å². The predicted molar refractivity (Wildman–Crippen MR) is 68.5 cm³/mol. The van der Waals surface area contributed by atoms with Crippen LogP contribution in [0, 0.1) is 0 Å². The SMILES string of the molecule is NC1C[C@H]2CCC[C@H](C1)N2Cc1cccs1. The summed E-state index contributed by atoms with van der Waals surface area (Å²) in [6.07, 6.45) is 6.54. The van der Waals surface area contributed by atoms with E-state index in [4.69, 9.17) is 5.73 Å². The van der Waals surface area contributed by atoms with Gasteiger partial charge in [0, 0.05) is 29.5 Å². The highest BCUT2D eigenvalue weighted by molar-refractivity contribution is 7.09. The van der Waals surface area contributed by atoms with Crippen LogP contribution in [-0.2, 0) is 6.54 Å². The van der Waals surface area contributed by atoms with Crippen LogP contribution < -0.4 is 5.73 Å². The predicted octanol–water partition coefficient (Wildman–Crippen LogP) is 2.59. The van der Waals surface area contributed by atoms with Gasteiger partial charge in [0.1, 0.15) is 0 Å². The highest BCUT2D eigenvalue weighted by atomic mass is 32.1. The average Bonchev–Trinajstić information content (AvgIpc) is 2.72. The molecular weight excluding hydrogens is 216 g/mol. The number of nitrogens with zero attached hydrogens (tertiary/aromatic N) is 1. The summed E-state index contributed by atoms with van der Waals surface area (Å²) < 4.78 is 0. The lowest BCUT2D eigenvalue weighted by molar-refractivity contribution is 0.0253. The molecule has 2 N–H and O–H groups in total. The number of thiophene rings is 1. The van der Waals surface area contributed by atoms with Crippen molar-refractivity contribution in [3.8, 4) is 0 Å². The Morgan fingerprint density at radius 3 is 2.69 bits per heavy atom. The molecule has 2 saturated heterocycles. The van der Waals surface area contributed by atoms with Crippen molar-refractivity contribution in [1.82, 2.24) is 4.90 Å². The lowest BCUT2D eigenvalue weighted by Crippen LogP contribution is -2.54. The van der Waals surface area contributed by atoms with Gasteiger partial charge in [-0.2, -0.15) is 0 Å². The Balaban J connectivity index is 1.74. The number of hydrogen-bond donors (Lipinski definition) is 1. The van der Waals surface area contributed by atoms with E-state index in [0.29, 0.717) is 6.04 Å². The highest BCUT2D eigenvalue weighted by Crippen LogP contribution is 2.34. The molecule has 0 amide bonds. The molecule has 1 aromatic rings. The second-order valence-electron chi connectivity index (χ2n) is 5.22. The summed E-state index contributed by atoms with van der Waals surface area (Å²) in [5, 5.41) is 2.18.